The summed E-state index contributed by atoms with van der Waals surface area (Å²) in [4.78, 5) is 46.3. The first-order valence-electron chi connectivity index (χ1n) is 7.30. The molecule has 24 heavy (non-hydrogen) atoms. The van der Waals surface area contributed by atoms with Gasteiger partial charge in [-0.1, -0.05) is 12.1 Å². The molecule has 2 amide bonds. The van der Waals surface area contributed by atoms with Gasteiger partial charge in [0, 0.05) is 25.0 Å². The number of nitro groups is 1. The maximum atomic E-state index is 12.2. The quantitative estimate of drug-likeness (QED) is 0.463. The molecule has 9 heteroatoms. The number of benzene rings is 1. The zero-order chi connectivity index (χ0) is 18.1. The molecule has 0 saturated heterocycles. The fourth-order valence-electron chi connectivity index (χ4n) is 2.12. The second-order valence-electron chi connectivity index (χ2n) is 5.02. The molecule has 0 aliphatic heterocycles. The smallest absolute Gasteiger partial charge is 0.269 e. The summed E-state index contributed by atoms with van der Waals surface area (Å²) in [5.41, 5.74) is 11.1. The van der Waals surface area contributed by atoms with Crippen molar-refractivity contribution in [2.24, 2.45) is 11.5 Å². The standard InChI is InChI=1S/C15H19N4O5/c16-7-1-2-14(21)18(15(22)9-17)13(10-20)8-11-3-5-12(6-4-11)19(23)24/h3-6,13H,1-2,7-9,16-17H2/t13-/m0/s1. The molecule has 0 saturated carbocycles. The lowest BCUT2D eigenvalue weighted by atomic mass is 10.0. The number of hydrogen-bond acceptors (Lipinski definition) is 7. The molecular formula is C15H19N4O5. The van der Waals surface area contributed by atoms with Crippen LogP contribution in [0.5, 0.6) is 0 Å². The summed E-state index contributed by atoms with van der Waals surface area (Å²) in [5.74, 6) is -1.24. The third-order valence-corrected chi connectivity index (χ3v) is 3.33. The number of nitrogens with zero attached hydrogens (tertiary/aromatic N) is 2. The number of carbonyl (C=O) groups is 2. The molecule has 1 radical (unpaired) electrons. The number of imide groups is 1. The van der Waals surface area contributed by atoms with Crippen molar-refractivity contribution in [3.63, 3.8) is 0 Å². The first kappa shape index (κ1) is 19.4. The molecule has 4 N–H and O–H groups in total. The van der Waals surface area contributed by atoms with Gasteiger partial charge in [0.2, 0.25) is 18.1 Å². The molecule has 0 aliphatic carbocycles. The van der Waals surface area contributed by atoms with Gasteiger partial charge in [-0.25, -0.2) is 0 Å². The van der Waals surface area contributed by atoms with E-state index in [4.69, 9.17) is 11.5 Å². The van der Waals surface area contributed by atoms with Crippen LogP contribution in [0.15, 0.2) is 24.3 Å². The van der Waals surface area contributed by atoms with Crippen molar-refractivity contribution in [1.29, 1.82) is 0 Å². The van der Waals surface area contributed by atoms with Crippen molar-refractivity contribution in [1.82, 2.24) is 4.90 Å². The first-order chi connectivity index (χ1) is 11.4. The minimum atomic E-state index is -1.15. The first-order valence-corrected chi connectivity index (χ1v) is 7.30. The van der Waals surface area contributed by atoms with E-state index in [0.29, 0.717) is 12.0 Å². The van der Waals surface area contributed by atoms with Crippen LogP contribution in [0.4, 0.5) is 5.69 Å². The summed E-state index contributed by atoms with van der Waals surface area (Å²) in [6.45, 7) is -0.152. The highest BCUT2D eigenvalue weighted by molar-refractivity contribution is 5.98. The molecule has 1 rings (SSSR count). The summed E-state index contributed by atoms with van der Waals surface area (Å²) in [5, 5.41) is 10.6. The van der Waals surface area contributed by atoms with Crippen LogP contribution < -0.4 is 11.5 Å². The van der Waals surface area contributed by atoms with Crippen LogP contribution >= 0.6 is 0 Å². The van der Waals surface area contributed by atoms with Crippen molar-refractivity contribution >= 4 is 23.8 Å². The molecule has 0 bridgehead atoms. The Labute approximate surface area is 138 Å². The number of nitro benzene ring substituents is 1. The molecule has 1 aromatic rings. The maximum absolute atomic E-state index is 12.2. The molecule has 129 valence electrons. The predicted molar refractivity (Wildman–Crippen MR) is 85.5 cm³/mol. The van der Waals surface area contributed by atoms with Crippen LogP contribution in [-0.4, -0.2) is 47.1 Å². The van der Waals surface area contributed by atoms with Gasteiger partial charge in [0.25, 0.3) is 5.69 Å². The average Bonchev–Trinajstić information content (AvgIpc) is 2.59. The van der Waals surface area contributed by atoms with Crippen molar-refractivity contribution < 1.29 is 19.3 Å². The van der Waals surface area contributed by atoms with Crippen molar-refractivity contribution in [3.8, 4) is 0 Å². The Balaban J connectivity index is 2.96. The predicted octanol–water partition coefficient (Wildman–Crippen LogP) is -0.332. The van der Waals surface area contributed by atoms with Gasteiger partial charge >= 0.3 is 0 Å². The highest BCUT2D eigenvalue weighted by atomic mass is 16.6. The van der Waals surface area contributed by atoms with E-state index in [9.17, 15) is 24.5 Å². The monoisotopic (exact) mass is 335 g/mol. The summed E-state index contributed by atoms with van der Waals surface area (Å²) < 4.78 is 0. The van der Waals surface area contributed by atoms with E-state index >= 15 is 0 Å². The van der Waals surface area contributed by atoms with E-state index in [1.807, 2.05) is 0 Å². The van der Waals surface area contributed by atoms with Gasteiger partial charge in [-0.05, 0) is 18.5 Å². The topological polar surface area (TPSA) is 150 Å². The van der Waals surface area contributed by atoms with Gasteiger partial charge in [-0.2, -0.15) is 0 Å². The molecule has 9 nitrogen and oxygen atoms in total. The third kappa shape index (κ3) is 5.21. The van der Waals surface area contributed by atoms with Crippen LogP contribution in [0.2, 0.25) is 0 Å². The Kier molecular flexibility index (Phi) is 7.66. The molecule has 0 unspecified atom stereocenters. The summed E-state index contributed by atoms with van der Waals surface area (Å²) in [6.07, 6.45) is 2.06. The van der Waals surface area contributed by atoms with E-state index in [0.717, 1.165) is 4.90 Å². The number of rotatable bonds is 9. The van der Waals surface area contributed by atoms with E-state index in [-0.39, 0.29) is 25.1 Å². The lowest BCUT2D eigenvalue weighted by Gasteiger charge is -2.25. The summed E-state index contributed by atoms with van der Waals surface area (Å²) in [7, 11) is 0. The Morgan fingerprint density at radius 3 is 2.29 bits per heavy atom. The SMILES string of the molecule is NCCCC(=O)N(C(=O)CN)[C@H]([C]=O)Cc1ccc([N+](=O)[O-])cc1. The number of amides is 2. The van der Waals surface area contributed by atoms with E-state index < -0.39 is 29.3 Å². The van der Waals surface area contributed by atoms with Crippen molar-refractivity contribution in [2.45, 2.75) is 25.3 Å². The van der Waals surface area contributed by atoms with Gasteiger partial charge in [0.1, 0.15) is 6.04 Å². The minimum Gasteiger partial charge on any atom is -0.330 e. The molecule has 0 heterocycles. The number of hydrogen-bond donors (Lipinski definition) is 2. The zero-order valence-corrected chi connectivity index (χ0v) is 13.0. The van der Waals surface area contributed by atoms with Crippen LogP contribution in [0.1, 0.15) is 18.4 Å². The third-order valence-electron chi connectivity index (χ3n) is 3.33. The van der Waals surface area contributed by atoms with E-state index in [1.54, 1.807) is 6.29 Å². The normalized spacial score (nSPS) is 11.6. The Morgan fingerprint density at radius 1 is 1.21 bits per heavy atom. The van der Waals surface area contributed by atoms with E-state index in [2.05, 4.69) is 0 Å². The van der Waals surface area contributed by atoms with Gasteiger partial charge in [-0.3, -0.25) is 29.4 Å². The van der Waals surface area contributed by atoms with Crippen molar-refractivity contribution in [3.05, 3.63) is 39.9 Å². The van der Waals surface area contributed by atoms with Crippen molar-refractivity contribution in [2.75, 3.05) is 13.1 Å². The average molecular weight is 335 g/mol. The fraction of sp³-hybridized carbons (Fsp3) is 0.400. The number of nitrogens with two attached hydrogens (primary N) is 2. The second-order valence-corrected chi connectivity index (χ2v) is 5.02. The molecule has 0 aromatic heterocycles. The highest BCUT2D eigenvalue weighted by Crippen LogP contribution is 2.15. The van der Waals surface area contributed by atoms with E-state index in [1.165, 1.54) is 24.3 Å². The molecule has 0 aliphatic rings. The lowest BCUT2D eigenvalue weighted by Crippen LogP contribution is -2.49. The lowest BCUT2D eigenvalue weighted by molar-refractivity contribution is -0.384. The van der Waals surface area contributed by atoms with Gasteiger partial charge in [-0.15, -0.1) is 0 Å². The molecule has 0 spiro atoms. The van der Waals surface area contributed by atoms with Gasteiger partial charge < -0.3 is 11.5 Å². The summed E-state index contributed by atoms with van der Waals surface area (Å²) in [6, 6.07) is 4.33. The molecule has 0 fully saturated rings. The Hall–Kier alpha value is -2.65. The highest BCUT2D eigenvalue weighted by Gasteiger charge is 2.29. The fourth-order valence-corrected chi connectivity index (χ4v) is 2.12. The van der Waals surface area contributed by atoms with Crippen LogP contribution in [0.25, 0.3) is 0 Å². The number of carbonyl (C=O) groups excluding carboxylic acids is 3. The maximum Gasteiger partial charge on any atom is 0.269 e. The second kappa shape index (κ2) is 9.48. The Morgan fingerprint density at radius 2 is 1.83 bits per heavy atom. The summed E-state index contributed by atoms with van der Waals surface area (Å²) >= 11 is 0. The minimum absolute atomic E-state index is 0.00159. The van der Waals surface area contributed by atoms with Gasteiger partial charge in [0.05, 0.1) is 11.5 Å². The van der Waals surface area contributed by atoms with Crippen LogP contribution in [-0.2, 0) is 20.8 Å². The van der Waals surface area contributed by atoms with Gasteiger partial charge in [0.15, 0.2) is 0 Å². The zero-order valence-electron chi connectivity index (χ0n) is 13.0. The number of non-ortho nitro benzene ring substituents is 1. The molecule has 1 aromatic carbocycles. The molecule has 1 atom stereocenters. The molecular weight excluding hydrogens is 316 g/mol. The van der Waals surface area contributed by atoms with Crippen LogP contribution in [0.3, 0.4) is 0 Å². The van der Waals surface area contributed by atoms with Crippen LogP contribution in [0, 0.1) is 10.1 Å². The Bertz CT molecular complexity index is 602. The largest absolute Gasteiger partial charge is 0.330 e.